The number of carbonyl (C=O) groups excluding carboxylic acids is 1. The number of benzene rings is 1. The Bertz CT molecular complexity index is 447. The second-order valence-corrected chi connectivity index (χ2v) is 4.72. The maximum absolute atomic E-state index is 11.0. The van der Waals surface area contributed by atoms with E-state index in [9.17, 15) is 4.79 Å². The Labute approximate surface area is 107 Å². The predicted molar refractivity (Wildman–Crippen MR) is 69.5 cm³/mol. The molecule has 4 nitrogen and oxygen atoms in total. The molecular weight excluding hydrogens is 230 g/mol. The molecule has 1 aromatic carbocycles. The van der Waals surface area contributed by atoms with Gasteiger partial charge in [0.1, 0.15) is 0 Å². The number of rotatable bonds is 5. The van der Waals surface area contributed by atoms with Gasteiger partial charge in [-0.25, -0.2) is 0 Å². The molecule has 4 heteroatoms. The van der Waals surface area contributed by atoms with Crippen LogP contribution < -0.4 is 15.2 Å². The fraction of sp³-hybridized carbons (Fsp3) is 0.500. The van der Waals surface area contributed by atoms with Gasteiger partial charge in [-0.05, 0) is 18.9 Å². The molecule has 1 aliphatic rings. The van der Waals surface area contributed by atoms with Crippen molar-refractivity contribution in [2.75, 3.05) is 20.8 Å². The van der Waals surface area contributed by atoms with Gasteiger partial charge < -0.3 is 15.2 Å². The third-order valence-electron chi connectivity index (χ3n) is 3.95. The number of hydrogen-bond donors (Lipinski definition) is 1. The smallest absolute Gasteiger partial charge is 0.171 e. The van der Waals surface area contributed by atoms with Crippen molar-refractivity contribution in [1.29, 1.82) is 0 Å². The number of ether oxygens (including phenoxy) is 2. The van der Waals surface area contributed by atoms with Crippen LogP contribution in [0.5, 0.6) is 11.5 Å². The van der Waals surface area contributed by atoms with E-state index in [0.717, 1.165) is 24.7 Å². The van der Waals surface area contributed by atoms with E-state index in [0.29, 0.717) is 23.6 Å². The van der Waals surface area contributed by atoms with E-state index in [1.165, 1.54) is 6.42 Å². The lowest BCUT2D eigenvalue weighted by atomic mass is 9.64. The maximum Gasteiger partial charge on any atom is 0.171 e. The van der Waals surface area contributed by atoms with E-state index >= 15 is 0 Å². The van der Waals surface area contributed by atoms with Crippen molar-refractivity contribution < 1.29 is 14.3 Å². The molecule has 18 heavy (non-hydrogen) atoms. The topological polar surface area (TPSA) is 61.5 Å². The molecule has 0 aromatic heterocycles. The summed E-state index contributed by atoms with van der Waals surface area (Å²) in [6.45, 7) is 0.590. The Balaban J connectivity index is 2.57. The van der Waals surface area contributed by atoms with Crippen molar-refractivity contribution in [1.82, 2.24) is 0 Å². The van der Waals surface area contributed by atoms with Gasteiger partial charge in [-0.2, -0.15) is 0 Å². The Morgan fingerprint density at radius 3 is 2.33 bits per heavy atom. The van der Waals surface area contributed by atoms with Crippen LogP contribution in [0.4, 0.5) is 0 Å². The number of hydrogen-bond acceptors (Lipinski definition) is 4. The van der Waals surface area contributed by atoms with Crippen LogP contribution in [0.1, 0.15) is 35.2 Å². The quantitative estimate of drug-likeness (QED) is 0.810. The Hall–Kier alpha value is -1.55. The van der Waals surface area contributed by atoms with Crippen molar-refractivity contribution in [3.05, 3.63) is 23.3 Å². The highest BCUT2D eigenvalue weighted by Crippen LogP contribution is 2.49. The highest BCUT2D eigenvalue weighted by atomic mass is 16.5. The molecule has 0 radical (unpaired) electrons. The van der Waals surface area contributed by atoms with Crippen LogP contribution in [0.25, 0.3) is 0 Å². The minimum absolute atomic E-state index is 0.0139. The molecule has 1 aliphatic carbocycles. The summed E-state index contributed by atoms with van der Waals surface area (Å²) in [4.78, 5) is 11.0. The Morgan fingerprint density at radius 2 is 1.94 bits per heavy atom. The molecule has 0 spiro atoms. The van der Waals surface area contributed by atoms with Crippen LogP contribution in [0.2, 0.25) is 0 Å². The first kappa shape index (κ1) is 12.9. The van der Waals surface area contributed by atoms with Crippen molar-refractivity contribution in [3.8, 4) is 11.5 Å². The molecule has 98 valence electrons. The van der Waals surface area contributed by atoms with Crippen molar-refractivity contribution >= 4 is 6.29 Å². The van der Waals surface area contributed by atoms with E-state index in [4.69, 9.17) is 15.2 Å². The van der Waals surface area contributed by atoms with Crippen molar-refractivity contribution in [2.45, 2.75) is 24.7 Å². The van der Waals surface area contributed by atoms with Crippen molar-refractivity contribution in [2.24, 2.45) is 5.73 Å². The van der Waals surface area contributed by atoms with Gasteiger partial charge in [0.05, 0.1) is 19.8 Å². The molecule has 0 saturated heterocycles. The molecule has 2 rings (SSSR count). The van der Waals surface area contributed by atoms with Gasteiger partial charge in [0.25, 0.3) is 0 Å². The van der Waals surface area contributed by atoms with Crippen LogP contribution >= 0.6 is 0 Å². The van der Waals surface area contributed by atoms with Gasteiger partial charge in [-0.1, -0.05) is 12.5 Å². The summed E-state index contributed by atoms with van der Waals surface area (Å²) < 4.78 is 10.8. The highest BCUT2D eigenvalue weighted by Gasteiger charge is 2.40. The van der Waals surface area contributed by atoms with E-state index in [2.05, 4.69) is 0 Å². The SMILES string of the molecule is COc1c(C=O)ccc(C2(CN)CCC2)c1OC. The van der Waals surface area contributed by atoms with Crippen LogP contribution in [0.15, 0.2) is 12.1 Å². The molecule has 0 atom stereocenters. The van der Waals surface area contributed by atoms with E-state index < -0.39 is 0 Å². The molecule has 1 aromatic rings. The standard InChI is InChI=1S/C14H19NO3/c1-17-12-10(8-16)4-5-11(13(12)18-2)14(9-15)6-3-7-14/h4-5,8H,3,6-7,9,15H2,1-2H3. The first-order chi connectivity index (χ1) is 8.72. The summed E-state index contributed by atoms with van der Waals surface area (Å²) in [6.07, 6.45) is 4.08. The normalized spacial score (nSPS) is 16.8. The summed E-state index contributed by atoms with van der Waals surface area (Å²) in [7, 11) is 3.14. The third-order valence-corrected chi connectivity index (χ3v) is 3.95. The number of methoxy groups -OCH3 is 2. The van der Waals surface area contributed by atoms with Gasteiger partial charge >= 0.3 is 0 Å². The van der Waals surface area contributed by atoms with Gasteiger partial charge in [0.15, 0.2) is 17.8 Å². The lowest BCUT2D eigenvalue weighted by Gasteiger charge is -2.42. The number of carbonyl (C=O) groups is 1. The molecule has 0 heterocycles. The largest absolute Gasteiger partial charge is 0.493 e. The highest BCUT2D eigenvalue weighted by molar-refractivity contribution is 5.82. The first-order valence-electron chi connectivity index (χ1n) is 6.13. The Morgan fingerprint density at radius 1 is 1.28 bits per heavy atom. The van der Waals surface area contributed by atoms with Gasteiger partial charge in [0.2, 0.25) is 0 Å². The second kappa shape index (κ2) is 4.98. The second-order valence-electron chi connectivity index (χ2n) is 4.72. The van der Waals surface area contributed by atoms with Crippen LogP contribution in [0, 0.1) is 0 Å². The van der Waals surface area contributed by atoms with Crippen molar-refractivity contribution in [3.63, 3.8) is 0 Å². The fourth-order valence-electron chi connectivity index (χ4n) is 2.69. The molecule has 0 amide bonds. The summed E-state index contributed by atoms with van der Waals surface area (Å²) in [5, 5.41) is 0. The number of aldehydes is 1. The average molecular weight is 249 g/mol. The predicted octanol–water partition coefficient (Wildman–Crippen LogP) is 1.90. The van der Waals surface area contributed by atoms with Crippen LogP contribution in [0.3, 0.4) is 0 Å². The molecule has 2 N–H and O–H groups in total. The van der Waals surface area contributed by atoms with Crippen LogP contribution in [-0.2, 0) is 5.41 Å². The lowest BCUT2D eigenvalue weighted by molar-refractivity contribution is 0.111. The van der Waals surface area contributed by atoms with Gasteiger partial charge in [0, 0.05) is 17.5 Å². The summed E-state index contributed by atoms with van der Waals surface area (Å²) in [5.41, 5.74) is 7.47. The fourth-order valence-corrected chi connectivity index (χ4v) is 2.69. The van der Waals surface area contributed by atoms with Gasteiger partial charge in [-0.15, -0.1) is 0 Å². The minimum Gasteiger partial charge on any atom is -0.493 e. The molecule has 0 aliphatic heterocycles. The monoisotopic (exact) mass is 249 g/mol. The van der Waals surface area contributed by atoms with Crippen LogP contribution in [-0.4, -0.2) is 27.1 Å². The molecule has 1 saturated carbocycles. The number of nitrogens with two attached hydrogens (primary N) is 1. The zero-order chi connectivity index (χ0) is 13.2. The maximum atomic E-state index is 11.0. The molecule has 0 bridgehead atoms. The summed E-state index contributed by atoms with van der Waals surface area (Å²) >= 11 is 0. The summed E-state index contributed by atoms with van der Waals surface area (Å²) in [5.74, 6) is 1.15. The van der Waals surface area contributed by atoms with E-state index in [1.54, 1.807) is 20.3 Å². The third kappa shape index (κ3) is 1.77. The Kier molecular flexibility index (Phi) is 3.57. The first-order valence-corrected chi connectivity index (χ1v) is 6.13. The summed E-state index contributed by atoms with van der Waals surface area (Å²) in [6, 6.07) is 3.72. The van der Waals surface area contributed by atoms with E-state index in [1.807, 2.05) is 6.07 Å². The molecular formula is C14H19NO3. The average Bonchev–Trinajstić information content (AvgIpc) is 2.37. The zero-order valence-corrected chi connectivity index (χ0v) is 10.9. The molecule has 0 unspecified atom stereocenters. The van der Waals surface area contributed by atoms with E-state index in [-0.39, 0.29) is 5.41 Å². The lowest BCUT2D eigenvalue weighted by Crippen LogP contribution is -2.41. The van der Waals surface area contributed by atoms with Gasteiger partial charge in [-0.3, -0.25) is 4.79 Å². The zero-order valence-electron chi connectivity index (χ0n) is 10.9. The minimum atomic E-state index is -0.0139. The molecule has 1 fully saturated rings.